The summed E-state index contributed by atoms with van der Waals surface area (Å²) in [6.45, 7) is 1.86. The van der Waals surface area contributed by atoms with Crippen molar-refractivity contribution in [2.24, 2.45) is 0 Å². The van der Waals surface area contributed by atoms with Gasteiger partial charge in [-0.1, -0.05) is 54.1 Å². The van der Waals surface area contributed by atoms with E-state index < -0.39 is 5.54 Å². The Morgan fingerprint density at radius 2 is 1.88 bits per heavy atom. The van der Waals surface area contributed by atoms with E-state index in [1.54, 1.807) is 12.4 Å². The third kappa shape index (κ3) is 3.55. The lowest BCUT2D eigenvalue weighted by Crippen LogP contribution is -2.36. The fraction of sp³-hybridized carbons (Fsp3) is 0.158. The van der Waals surface area contributed by atoms with Crippen molar-refractivity contribution < 1.29 is 5.11 Å². The minimum Gasteiger partial charge on any atom is -0.394 e. The molecule has 2 N–H and O–H groups in total. The van der Waals surface area contributed by atoms with Crippen molar-refractivity contribution in [1.82, 2.24) is 9.97 Å². The van der Waals surface area contributed by atoms with E-state index in [1.807, 2.05) is 61.5 Å². The van der Waals surface area contributed by atoms with Crippen LogP contribution >= 0.6 is 11.6 Å². The molecule has 4 nitrogen and oxygen atoms in total. The molecule has 3 aromatic rings. The Labute approximate surface area is 146 Å². The number of nitrogens with one attached hydrogen (secondary N) is 1. The molecular formula is C19H18ClN3O. The Kier molecular flexibility index (Phi) is 4.79. The second-order valence-electron chi connectivity index (χ2n) is 5.78. The minimum absolute atomic E-state index is 0.0694. The molecule has 0 saturated heterocycles. The fourth-order valence-corrected chi connectivity index (χ4v) is 2.70. The van der Waals surface area contributed by atoms with Crippen LogP contribution in [0, 0.1) is 0 Å². The molecule has 0 spiro atoms. The lowest BCUT2D eigenvalue weighted by molar-refractivity contribution is 0.223. The van der Waals surface area contributed by atoms with E-state index in [1.165, 1.54) is 0 Å². The molecule has 0 radical (unpaired) electrons. The van der Waals surface area contributed by atoms with Crippen LogP contribution < -0.4 is 5.32 Å². The van der Waals surface area contributed by atoms with E-state index in [-0.39, 0.29) is 6.61 Å². The van der Waals surface area contributed by atoms with Crippen LogP contribution in [0.5, 0.6) is 0 Å². The van der Waals surface area contributed by atoms with Crippen molar-refractivity contribution in [2.75, 3.05) is 11.9 Å². The van der Waals surface area contributed by atoms with Gasteiger partial charge in [0.15, 0.2) is 0 Å². The Bertz CT molecular complexity index is 826. The highest BCUT2D eigenvalue weighted by molar-refractivity contribution is 6.30. The maximum atomic E-state index is 9.89. The quantitative estimate of drug-likeness (QED) is 0.734. The monoisotopic (exact) mass is 339 g/mol. The number of halogens is 1. The average molecular weight is 340 g/mol. The van der Waals surface area contributed by atoms with E-state index in [0.717, 1.165) is 16.8 Å². The Hall–Kier alpha value is -2.43. The lowest BCUT2D eigenvalue weighted by atomic mass is 9.93. The summed E-state index contributed by atoms with van der Waals surface area (Å²) in [5, 5.41) is 13.8. The number of benzene rings is 2. The summed E-state index contributed by atoms with van der Waals surface area (Å²) in [7, 11) is 0. The molecule has 0 fully saturated rings. The van der Waals surface area contributed by atoms with Crippen molar-refractivity contribution in [3.8, 4) is 11.3 Å². The molecule has 3 rings (SSSR count). The van der Waals surface area contributed by atoms with Crippen LogP contribution in [0.4, 0.5) is 5.82 Å². The summed E-state index contributed by atoms with van der Waals surface area (Å²) in [5.41, 5.74) is 1.94. The zero-order valence-electron chi connectivity index (χ0n) is 13.3. The highest BCUT2D eigenvalue weighted by Crippen LogP contribution is 2.26. The smallest absolute Gasteiger partial charge is 0.145 e. The number of nitrogens with zero attached hydrogens (tertiary/aromatic N) is 2. The number of hydrogen-bond donors (Lipinski definition) is 2. The van der Waals surface area contributed by atoms with E-state index in [2.05, 4.69) is 15.3 Å². The zero-order valence-corrected chi connectivity index (χ0v) is 14.0. The average Bonchev–Trinajstić information content (AvgIpc) is 2.62. The summed E-state index contributed by atoms with van der Waals surface area (Å²) in [4.78, 5) is 8.85. The molecule has 0 aliphatic rings. The van der Waals surface area contributed by atoms with Gasteiger partial charge in [-0.15, -0.1) is 0 Å². The predicted molar refractivity (Wildman–Crippen MR) is 97.0 cm³/mol. The van der Waals surface area contributed by atoms with Crippen molar-refractivity contribution in [3.05, 3.63) is 77.6 Å². The number of aromatic nitrogens is 2. The molecule has 1 atom stereocenters. The van der Waals surface area contributed by atoms with Crippen LogP contribution in [-0.2, 0) is 5.54 Å². The summed E-state index contributed by atoms with van der Waals surface area (Å²) in [6.07, 6.45) is 3.33. The molecule has 0 bridgehead atoms. The Balaban J connectivity index is 1.91. The van der Waals surface area contributed by atoms with Gasteiger partial charge >= 0.3 is 0 Å². The molecule has 122 valence electrons. The predicted octanol–water partition coefficient (Wildman–Crippen LogP) is 4.12. The molecule has 0 amide bonds. The van der Waals surface area contributed by atoms with Gasteiger partial charge in [0, 0.05) is 10.6 Å². The highest BCUT2D eigenvalue weighted by Gasteiger charge is 2.26. The molecule has 1 unspecified atom stereocenters. The number of anilines is 1. The van der Waals surface area contributed by atoms with E-state index >= 15 is 0 Å². The third-order valence-corrected chi connectivity index (χ3v) is 4.12. The normalized spacial score (nSPS) is 13.3. The standard InChI is InChI=1S/C19H18ClN3O/c1-19(13-24,15-7-3-2-4-8-15)23-18-12-21-11-17(22-18)14-6-5-9-16(20)10-14/h2-12,24H,13H2,1H3,(H,22,23). The van der Waals surface area contributed by atoms with Gasteiger partial charge in [0.2, 0.25) is 0 Å². The maximum Gasteiger partial charge on any atom is 0.145 e. The summed E-state index contributed by atoms with van der Waals surface area (Å²) >= 11 is 6.05. The topological polar surface area (TPSA) is 58.0 Å². The molecule has 0 saturated carbocycles. The van der Waals surface area contributed by atoms with E-state index in [0.29, 0.717) is 10.8 Å². The molecule has 0 aliphatic heterocycles. The van der Waals surface area contributed by atoms with Gasteiger partial charge in [0.1, 0.15) is 5.82 Å². The van der Waals surface area contributed by atoms with Gasteiger partial charge in [0.05, 0.1) is 30.2 Å². The number of hydrogen-bond acceptors (Lipinski definition) is 4. The minimum atomic E-state index is -0.650. The maximum absolute atomic E-state index is 9.89. The van der Waals surface area contributed by atoms with Crippen LogP contribution in [-0.4, -0.2) is 21.7 Å². The van der Waals surface area contributed by atoms with E-state index in [9.17, 15) is 5.11 Å². The van der Waals surface area contributed by atoms with E-state index in [4.69, 9.17) is 11.6 Å². The van der Waals surface area contributed by atoms with Gasteiger partial charge in [0.25, 0.3) is 0 Å². The zero-order chi connectivity index (χ0) is 17.0. The van der Waals surface area contributed by atoms with Crippen molar-refractivity contribution in [2.45, 2.75) is 12.5 Å². The van der Waals surface area contributed by atoms with Crippen LogP contribution in [0.3, 0.4) is 0 Å². The first kappa shape index (κ1) is 16.4. The molecule has 24 heavy (non-hydrogen) atoms. The molecule has 2 aromatic carbocycles. The van der Waals surface area contributed by atoms with Crippen molar-refractivity contribution in [3.63, 3.8) is 0 Å². The molecular weight excluding hydrogens is 322 g/mol. The van der Waals surface area contributed by atoms with Gasteiger partial charge in [-0.3, -0.25) is 4.98 Å². The highest BCUT2D eigenvalue weighted by atomic mass is 35.5. The molecule has 0 aliphatic carbocycles. The second-order valence-corrected chi connectivity index (χ2v) is 6.22. The number of aliphatic hydroxyl groups is 1. The molecule has 1 aromatic heterocycles. The van der Waals surface area contributed by atoms with Gasteiger partial charge < -0.3 is 10.4 Å². The first-order valence-corrected chi connectivity index (χ1v) is 8.01. The SMILES string of the molecule is CC(CO)(Nc1cncc(-c2cccc(Cl)c2)n1)c1ccccc1. The van der Waals surface area contributed by atoms with Crippen LogP contribution in [0.25, 0.3) is 11.3 Å². The second kappa shape index (κ2) is 6.99. The first-order valence-electron chi connectivity index (χ1n) is 7.63. The third-order valence-electron chi connectivity index (χ3n) is 3.89. The van der Waals surface area contributed by atoms with Gasteiger partial charge in [-0.2, -0.15) is 0 Å². The number of aliphatic hydroxyl groups excluding tert-OH is 1. The first-order chi connectivity index (χ1) is 11.6. The summed E-state index contributed by atoms with van der Waals surface area (Å²) < 4.78 is 0. The Morgan fingerprint density at radius 1 is 1.08 bits per heavy atom. The number of rotatable bonds is 5. The summed E-state index contributed by atoms with van der Waals surface area (Å²) in [5.74, 6) is 0.591. The van der Waals surface area contributed by atoms with Crippen LogP contribution in [0.15, 0.2) is 67.0 Å². The summed E-state index contributed by atoms with van der Waals surface area (Å²) in [6, 6.07) is 17.2. The van der Waals surface area contributed by atoms with Crippen LogP contribution in [0.2, 0.25) is 5.02 Å². The molecule has 1 heterocycles. The van der Waals surface area contributed by atoms with Crippen LogP contribution in [0.1, 0.15) is 12.5 Å². The van der Waals surface area contributed by atoms with Crippen molar-refractivity contribution in [1.29, 1.82) is 0 Å². The largest absolute Gasteiger partial charge is 0.394 e. The van der Waals surface area contributed by atoms with Gasteiger partial charge in [-0.25, -0.2) is 4.98 Å². The van der Waals surface area contributed by atoms with Crippen molar-refractivity contribution >= 4 is 17.4 Å². The lowest BCUT2D eigenvalue weighted by Gasteiger charge is -2.30. The van der Waals surface area contributed by atoms with Gasteiger partial charge in [-0.05, 0) is 24.6 Å². The Morgan fingerprint density at radius 3 is 2.58 bits per heavy atom. The fourth-order valence-electron chi connectivity index (χ4n) is 2.50. The molecule has 5 heteroatoms.